The SMILES string of the molecule is Cc1ccc(Cl)cc1-c1cn(-c2ncnc3[nH]ncc23)cc1C(N)=O. The van der Waals surface area contributed by atoms with Crippen LogP contribution in [0.2, 0.25) is 5.02 Å². The van der Waals surface area contributed by atoms with Crippen LogP contribution < -0.4 is 5.73 Å². The quantitative estimate of drug-likeness (QED) is 0.591. The Morgan fingerprint density at radius 1 is 1.24 bits per heavy atom. The highest BCUT2D eigenvalue weighted by molar-refractivity contribution is 6.31. The third-order valence-electron chi connectivity index (χ3n) is 4.05. The molecule has 0 aliphatic rings. The highest BCUT2D eigenvalue weighted by Crippen LogP contribution is 2.31. The molecule has 0 aliphatic heterocycles. The van der Waals surface area contributed by atoms with Crippen LogP contribution in [-0.4, -0.2) is 30.6 Å². The van der Waals surface area contributed by atoms with Gasteiger partial charge in [0.05, 0.1) is 17.1 Å². The maximum Gasteiger partial charge on any atom is 0.250 e. The zero-order valence-corrected chi connectivity index (χ0v) is 13.9. The smallest absolute Gasteiger partial charge is 0.250 e. The lowest BCUT2D eigenvalue weighted by atomic mass is 10.00. The summed E-state index contributed by atoms with van der Waals surface area (Å²) in [5.74, 6) is 0.0813. The van der Waals surface area contributed by atoms with Crippen molar-refractivity contribution in [3.05, 3.63) is 59.3 Å². The summed E-state index contributed by atoms with van der Waals surface area (Å²) in [6, 6.07) is 5.52. The Balaban J connectivity index is 1.97. The molecule has 0 fully saturated rings. The molecule has 1 aromatic carbocycles. The number of fused-ring (bicyclic) bond motifs is 1. The first-order chi connectivity index (χ1) is 12.0. The minimum absolute atomic E-state index is 0.389. The second-order valence-corrected chi connectivity index (χ2v) is 6.08. The monoisotopic (exact) mass is 352 g/mol. The van der Waals surface area contributed by atoms with Crippen molar-refractivity contribution in [2.24, 2.45) is 5.73 Å². The normalized spacial score (nSPS) is 11.1. The van der Waals surface area contributed by atoms with Crippen LogP contribution in [0.4, 0.5) is 0 Å². The van der Waals surface area contributed by atoms with E-state index >= 15 is 0 Å². The molecule has 0 aliphatic carbocycles. The fourth-order valence-electron chi connectivity index (χ4n) is 2.83. The minimum Gasteiger partial charge on any atom is -0.366 e. The molecule has 4 aromatic rings. The Bertz CT molecular complexity index is 1110. The van der Waals surface area contributed by atoms with Gasteiger partial charge in [-0.1, -0.05) is 17.7 Å². The van der Waals surface area contributed by atoms with Gasteiger partial charge in [-0.15, -0.1) is 0 Å². The number of halogens is 1. The number of aromatic nitrogens is 5. The summed E-state index contributed by atoms with van der Waals surface area (Å²) in [6.45, 7) is 1.95. The molecule has 0 radical (unpaired) electrons. The third-order valence-corrected chi connectivity index (χ3v) is 4.29. The Morgan fingerprint density at radius 3 is 2.88 bits per heavy atom. The number of nitrogens with two attached hydrogens (primary N) is 1. The highest BCUT2D eigenvalue weighted by Gasteiger charge is 2.18. The van der Waals surface area contributed by atoms with Crippen molar-refractivity contribution < 1.29 is 4.79 Å². The van der Waals surface area contributed by atoms with E-state index in [2.05, 4.69) is 20.2 Å². The number of benzene rings is 1. The van der Waals surface area contributed by atoms with Crippen LogP contribution >= 0.6 is 11.6 Å². The Kier molecular flexibility index (Phi) is 3.51. The van der Waals surface area contributed by atoms with Crippen LogP contribution in [0.1, 0.15) is 15.9 Å². The molecule has 3 heterocycles. The summed E-state index contributed by atoms with van der Waals surface area (Å²) in [4.78, 5) is 20.4. The maximum absolute atomic E-state index is 12.0. The largest absolute Gasteiger partial charge is 0.366 e. The number of amides is 1. The first kappa shape index (κ1) is 15.3. The van der Waals surface area contributed by atoms with E-state index in [-0.39, 0.29) is 0 Å². The number of hydrogen-bond donors (Lipinski definition) is 2. The number of aryl methyl sites for hydroxylation is 1. The van der Waals surface area contributed by atoms with Crippen LogP contribution in [-0.2, 0) is 0 Å². The lowest BCUT2D eigenvalue weighted by Gasteiger charge is -2.06. The zero-order chi connectivity index (χ0) is 17.6. The first-order valence-electron chi connectivity index (χ1n) is 7.47. The van der Waals surface area contributed by atoms with Crippen LogP contribution in [0.15, 0.2) is 43.1 Å². The molecule has 25 heavy (non-hydrogen) atoms. The summed E-state index contributed by atoms with van der Waals surface area (Å²) in [7, 11) is 0. The van der Waals surface area contributed by atoms with Gasteiger partial charge in [-0.3, -0.25) is 9.89 Å². The van der Waals surface area contributed by atoms with Crippen LogP contribution in [0, 0.1) is 6.92 Å². The van der Waals surface area contributed by atoms with Gasteiger partial charge in [-0.2, -0.15) is 5.10 Å². The lowest BCUT2D eigenvalue weighted by molar-refractivity contribution is 0.100. The molecule has 124 valence electrons. The number of H-pyrrole nitrogens is 1. The third kappa shape index (κ3) is 2.54. The van der Waals surface area contributed by atoms with Gasteiger partial charge in [-0.25, -0.2) is 9.97 Å². The van der Waals surface area contributed by atoms with Crippen LogP contribution in [0.3, 0.4) is 0 Å². The van der Waals surface area contributed by atoms with Gasteiger partial charge < -0.3 is 10.3 Å². The predicted octanol–water partition coefficient (Wildman–Crippen LogP) is 2.87. The number of rotatable bonds is 3. The number of hydrogen-bond acceptors (Lipinski definition) is 4. The molecule has 0 saturated carbocycles. The van der Waals surface area contributed by atoms with Gasteiger partial charge in [0.15, 0.2) is 11.5 Å². The number of aromatic amines is 1. The van der Waals surface area contributed by atoms with Gasteiger partial charge in [-0.05, 0) is 30.2 Å². The van der Waals surface area contributed by atoms with E-state index < -0.39 is 5.91 Å². The van der Waals surface area contributed by atoms with E-state index in [1.54, 1.807) is 23.0 Å². The van der Waals surface area contributed by atoms with Crippen molar-refractivity contribution in [3.63, 3.8) is 0 Å². The molecular weight excluding hydrogens is 340 g/mol. The molecule has 1 amide bonds. The summed E-state index contributed by atoms with van der Waals surface area (Å²) < 4.78 is 1.75. The number of carbonyl (C=O) groups is 1. The predicted molar refractivity (Wildman–Crippen MR) is 94.7 cm³/mol. The van der Waals surface area contributed by atoms with Gasteiger partial charge in [0.1, 0.15) is 6.33 Å². The molecule has 3 aromatic heterocycles. The van der Waals surface area contributed by atoms with Gasteiger partial charge >= 0.3 is 0 Å². The average molecular weight is 353 g/mol. The first-order valence-corrected chi connectivity index (χ1v) is 7.85. The van der Waals surface area contributed by atoms with E-state index in [4.69, 9.17) is 17.3 Å². The zero-order valence-electron chi connectivity index (χ0n) is 13.2. The molecule has 0 bridgehead atoms. The van der Waals surface area contributed by atoms with Gasteiger partial charge in [0, 0.05) is 23.0 Å². The summed E-state index contributed by atoms with van der Waals surface area (Å²) in [5, 5.41) is 8.11. The van der Waals surface area contributed by atoms with Crippen molar-refractivity contribution in [1.82, 2.24) is 24.7 Å². The van der Waals surface area contributed by atoms with E-state index in [0.717, 1.165) is 16.5 Å². The topological polar surface area (TPSA) is 102 Å². The van der Waals surface area contributed by atoms with Crippen molar-refractivity contribution in [2.75, 3.05) is 0 Å². The molecule has 7 nitrogen and oxygen atoms in total. The Labute approximate surface area is 147 Å². The van der Waals surface area contributed by atoms with E-state index in [9.17, 15) is 4.79 Å². The van der Waals surface area contributed by atoms with E-state index in [0.29, 0.717) is 27.6 Å². The standard InChI is InChI=1S/C17H13ClN6O/c1-9-2-3-10(18)4-11(9)13-6-24(7-14(13)15(19)25)17-12-5-22-23-16(12)20-8-21-17/h2-8H,1H3,(H2,19,25)(H,20,21,22,23). The van der Waals surface area contributed by atoms with E-state index in [1.165, 1.54) is 6.33 Å². The Hall–Kier alpha value is -3.19. The van der Waals surface area contributed by atoms with Crippen molar-refractivity contribution >= 4 is 28.5 Å². The average Bonchev–Trinajstić information content (AvgIpc) is 3.23. The maximum atomic E-state index is 12.0. The molecule has 4 rings (SSSR count). The minimum atomic E-state index is -0.523. The van der Waals surface area contributed by atoms with Crippen LogP contribution in [0.5, 0.6) is 0 Å². The van der Waals surface area contributed by atoms with Crippen LogP contribution in [0.25, 0.3) is 28.0 Å². The summed E-state index contributed by atoms with van der Waals surface area (Å²) in [6.07, 6.45) is 6.54. The summed E-state index contributed by atoms with van der Waals surface area (Å²) in [5.41, 5.74) is 9.12. The Morgan fingerprint density at radius 2 is 2.08 bits per heavy atom. The second-order valence-electron chi connectivity index (χ2n) is 5.65. The molecule has 0 unspecified atom stereocenters. The molecule has 0 spiro atoms. The molecular formula is C17H13ClN6O. The fraction of sp³-hybridized carbons (Fsp3) is 0.0588. The highest BCUT2D eigenvalue weighted by atomic mass is 35.5. The molecule has 3 N–H and O–H groups in total. The second kappa shape index (κ2) is 5.71. The number of primary amides is 1. The molecule has 8 heteroatoms. The van der Waals surface area contributed by atoms with Gasteiger partial charge in [0.2, 0.25) is 0 Å². The van der Waals surface area contributed by atoms with Crippen molar-refractivity contribution in [3.8, 4) is 16.9 Å². The van der Waals surface area contributed by atoms with E-state index in [1.807, 2.05) is 25.3 Å². The summed E-state index contributed by atoms with van der Waals surface area (Å²) >= 11 is 6.13. The van der Waals surface area contributed by atoms with Crippen molar-refractivity contribution in [1.29, 1.82) is 0 Å². The molecule has 0 atom stereocenters. The number of carbonyl (C=O) groups excluding carboxylic acids is 1. The molecule has 0 saturated heterocycles. The van der Waals surface area contributed by atoms with Crippen molar-refractivity contribution in [2.45, 2.75) is 6.92 Å². The number of nitrogens with one attached hydrogen (secondary N) is 1. The fourth-order valence-corrected chi connectivity index (χ4v) is 3.00. The number of nitrogens with zero attached hydrogens (tertiary/aromatic N) is 4. The lowest BCUT2D eigenvalue weighted by Crippen LogP contribution is -2.11. The van der Waals surface area contributed by atoms with Gasteiger partial charge in [0.25, 0.3) is 5.91 Å².